The first kappa shape index (κ1) is 11.9. The molecule has 0 aromatic heterocycles. The van der Waals surface area contributed by atoms with Gasteiger partial charge in [-0.1, -0.05) is 18.2 Å². The molecule has 0 saturated carbocycles. The average molecular weight is 262 g/mol. The van der Waals surface area contributed by atoms with Crippen LogP contribution in [0.4, 0.5) is 5.69 Å². The molecule has 2 unspecified atom stereocenters. The van der Waals surface area contributed by atoms with Gasteiger partial charge in [-0.2, -0.15) is 11.8 Å². The normalized spacial score (nSPS) is 25.6. The van der Waals surface area contributed by atoms with Crippen LogP contribution in [0.1, 0.15) is 24.3 Å². The van der Waals surface area contributed by atoms with Crippen molar-refractivity contribution in [1.29, 1.82) is 0 Å². The molecule has 1 aromatic rings. The molecule has 0 radical (unpaired) electrons. The summed E-state index contributed by atoms with van der Waals surface area (Å²) in [7, 11) is 0. The molecule has 2 heterocycles. The minimum Gasteiger partial charge on any atom is -0.384 e. The van der Waals surface area contributed by atoms with Crippen molar-refractivity contribution in [2.24, 2.45) is 0 Å². The fourth-order valence-electron chi connectivity index (χ4n) is 2.70. The van der Waals surface area contributed by atoms with Crippen molar-refractivity contribution < 1.29 is 4.79 Å². The number of fused-ring (bicyclic) bond motifs is 1. The largest absolute Gasteiger partial charge is 0.384 e. The molecule has 0 bridgehead atoms. The Bertz CT molecular complexity index is 443. The van der Waals surface area contributed by atoms with E-state index in [0.29, 0.717) is 18.4 Å². The highest BCUT2D eigenvalue weighted by atomic mass is 32.2. The van der Waals surface area contributed by atoms with Crippen LogP contribution in [0.15, 0.2) is 24.3 Å². The maximum absolute atomic E-state index is 12.0. The molecule has 1 fully saturated rings. The number of benzene rings is 1. The van der Waals surface area contributed by atoms with E-state index in [9.17, 15) is 4.79 Å². The molecule has 2 aliphatic heterocycles. The summed E-state index contributed by atoms with van der Waals surface area (Å²) in [5, 5.41) is 6.51. The third-order valence-electron chi connectivity index (χ3n) is 3.67. The highest BCUT2D eigenvalue weighted by Crippen LogP contribution is 2.33. The molecule has 18 heavy (non-hydrogen) atoms. The molecule has 1 aromatic carbocycles. The molecule has 96 valence electrons. The fourth-order valence-corrected chi connectivity index (χ4v) is 3.85. The Kier molecular flexibility index (Phi) is 3.46. The van der Waals surface area contributed by atoms with Crippen molar-refractivity contribution in [2.45, 2.75) is 24.8 Å². The van der Waals surface area contributed by atoms with Crippen molar-refractivity contribution in [3.8, 4) is 0 Å². The lowest BCUT2D eigenvalue weighted by atomic mass is 9.97. The molecule has 0 spiro atoms. The number of carbonyl (C=O) groups excluding carboxylic acids is 1. The lowest BCUT2D eigenvalue weighted by Gasteiger charge is -2.14. The number of thioether (sulfide) groups is 1. The fraction of sp³-hybridized carbons (Fsp3) is 0.500. The Hall–Kier alpha value is -1.16. The van der Waals surface area contributed by atoms with E-state index in [-0.39, 0.29) is 5.91 Å². The third kappa shape index (κ3) is 2.48. The third-order valence-corrected chi connectivity index (χ3v) is 4.83. The van der Waals surface area contributed by atoms with Crippen LogP contribution >= 0.6 is 11.8 Å². The molecule has 3 rings (SSSR count). The summed E-state index contributed by atoms with van der Waals surface area (Å²) < 4.78 is 0. The number of anilines is 1. The van der Waals surface area contributed by atoms with Crippen LogP contribution in [0.2, 0.25) is 0 Å². The first-order valence-electron chi connectivity index (χ1n) is 6.53. The predicted molar refractivity (Wildman–Crippen MR) is 76.2 cm³/mol. The minimum absolute atomic E-state index is 0.200. The quantitative estimate of drug-likeness (QED) is 0.877. The van der Waals surface area contributed by atoms with E-state index in [2.05, 4.69) is 22.8 Å². The SMILES string of the molecule is O=C(CC1CNc2ccccc21)NC1CCSC1. The minimum atomic E-state index is 0.200. The zero-order valence-electron chi connectivity index (χ0n) is 10.3. The molecule has 0 aliphatic carbocycles. The number of nitrogens with one attached hydrogen (secondary N) is 2. The summed E-state index contributed by atoms with van der Waals surface area (Å²) in [6.07, 6.45) is 1.72. The Morgan fingerprint density at radius 1 is 1.44 bits per heavy atom. The summed E-state index contributed by atoms with van der Waals surface area (Å²) in [5.41, 5.74) is 2.47. The molecule has 1 amide bonds. The van der Waals surface area contributed by atoms with Crippen LogP contribution in [0.3, 0.4) is 0 Å². The Balaban J connectivity index is 1.58. The second-order valence-corrected chi connectivity index (χ2v) is 6.15. The standard InChI is InChI=1S/C14H18N2OS/c17-14(16-11-5-6-18-9-11)7-10-8-15-13-4-2-1-3-12(10)13/h1-4,10-11,15H,5-9H2,(H,16,17). The second kappa shape index (κ2) is 5.22. The number of para-hydroxylation sites is 1. The number of amides is 1. The van der Waals surface area contributed by atoms with Crippen LogP contribution in [-0.4, -0.2) is 30.0 Å². The molecule has 1 saturated heterocycles. The first-order chi connectivity index (χ1) is 8.83. The Morgan fingerprint density at radius 3 is 3.17 bits per heavy atom. The number of hydrogen-bond acceptors (Lipinski definition) is 3. The monoisotopic (exact) mass is 262 g/mol. The van der Waals surface area contributed by atoms with Gasteiger partial charge >= 0.3 is 0 Å². The van der Waals surface area contributed by atoms with Gasteiger partial charge < -0.3 is 10.6 Å². The van der Waals surface area contributed by atoms with Gasteiger partial charge in [-0.25, -0.2) is 0 Å². The maximum atomic E-state index is 12.0. The van der Waals surface area contributed by atoms with Crippen molar-refractivity contribution in [2.75, 3.05) is 23.4 Å². The van der Waals surface area contributed by atoms with Crippen molar-refractivity contribution in [3.63, 3.8) is 0 Å². The van der Waals surface area contributed by atoms with Gasteiger partial charge in [-0.05, 0) is 23.8 Å². The molecular weight excluding hydrogens is 244 g/mol. The van der Waals surface area contributed by atoms with Gasteiger partial charge in [0.1, 0.15) is 0 Å². The van der Waals surface area contributed by atoms with E-state index in [0.717, 1.165) is 18.7 Å². The predicted octanol–water partition coefficient (Wildman–Crippen LogP) is 2.21. The Labute approximate surface area is 112 Å². The molecule has 2 N–H and O–H groups in total. The van der Waals surface area contributed by atoms with Gasteiger partial charge in [0.2, 0.25) is 5.91 Å². The number of rotatable bonds is 3. The summed E-state index contributed by atoms with van der Waals surface area (Å²) in [5.74, 6) is 2.78. The lowest BCUT2D eigenvalue weighted by molar-refractivity contribution is -0.121. The van der Waals surface area contributed by atoms with Crippen LogP contribution in [0.5, 0.6) is 0 Å². The highest BCUT2D eigenvalue weighted by Gasteiger charge is 2.25. The zero-order chi connectivity index (χ0) is 12.4. The van der Waals surface area contributed by atoms with E-state index in [1.165, 1.54) is 17.0 Å². The van der Waals surface area contributed by atoms with Crippen LogP contribution < -0.4 is 10.6 Å². The highest BCUT2D eigenvalue weighted by molar-refractivity contribution is 7.99. The maximum Gasteiger partial charge on any atom is 0.220 e. The summed E-state index contributed by atoms with van der Waals surface area (Å²) in [6, 6.07) is 8.68. The van der Waals surface area contributed by atoms with E-state index in [1.807, 2.05) is 23.9 Å². The summed E-state index contributed by atoms with van der Waals surface area (Å²) >= 11 is 1.93. The van der Waals surface area contributed by atoms with E-state index < -0.39 is 0 Å². The van der Waals surface area contributed by atoms with Crippen LogP contribution in [0, 0.1) is 0 Å². The van der Waals surface area contributed by atoms with E-state index in [4.69, 9.17) is 0 Å². The van der Waals surface area contributed by atoms with Gasteiger partial charge in [0.25, 0.3) is 0 Å². The molecule has 4 heteroatoms. The molecule has 2 aliphatic rings. The average Bonchev–Trinajstić information content (AvgIpc) is 3.00. The van der Waals surface area contributed by atoms with Crippen molar-refractivity contribution in [1.82, 2.24) is 5.32 Å². The Morgan fingerprint density at radius 2 is 2.33 bits per heavy atom. The van der Waals surface area contributed by atoms with Gasteiger partial charge in [0.05, 0.1) is 0 Å². The second-order valence-electron chi connectivity index (χ2n) is 5.00. The number of hydrogen-bond donors (Lipinski definition) is 2. The molecular formula is C14H18N2OS. The van der Waals surface area contributed by atoms with Crippen molar-refractivity contribution >= 4 is 23.4 Å². The lowest BCUT2D eigenvalue weighted by Crippen LogP contribution is -2.35. The topological polar surface area (TPSA) is 41.1 Å². The van der Waals surface area contributed by atoms with Gasteiger partial charge in [0, 0.05) is 36.4 Å². The zero-order valence-corrected chi connectivity index (χ0v) is 11.1. The summed E-state index contributed by atoms with van der Waals surface area (Å²) in [4.78, 5) is 12.0. The number of carbonyl (C=O) groups is 1. The summed E-state index contributed by atoms with van der Waals surface area (Å²) in [6.45, 7) is 0.881. The van der Waals surface area contributed by atoms with Gasteiger partial charge in [0.15, 0.2) is 0 Å². The van der Waals surface area contributed by atoms with E-state index in [1.54, 1.807) is 0 Å². The first-order valence-corrected chi connectivity index (χ1v) is 7.68. The molecule has 3 nitrogen and oxygen atoms in total. The van der Waals surface area contributed by atoms with Gasteiger partial charge in [-0.15, -0.1) is 0 Å². The van der Waals surface area contributed by atoms with Gasteiger partial charge in [-0.3, -0.25) is 4.79 Å². The van der Waals surface area contributed by atoms with Crippen molar-refractivity contribution in [3.05, 3.63) is 29.8 Å². The van der Waals surface area contributed by atoms with Crippen LogP contribution in [0.25, 0.3) is 0 Å². The molecule has 2 atom stereocenters. The van der Waals surface area contributed by atoms with E-state index >= 15 is 0 Å². The smallest absolute Gasteiger partial charge is 0.220 e. The van der Waals surface area contributed by atoms with Crippen LogP contribution in [-0.2, 0) is 4.79 Å².